The van der Waals surface area contributed by atoms with Crippen molar-refractivity contribution in [3.8, 4) is 0 Å². The molecule has 0 aliphatic carbocycles. The fourth-order valence-electron chi connectivity index (χ4n) is 3.48. The maximum absolute atomic E-state index is 13.5. The Hall–Kier alpha value is -1.45. The molecule has 2 aliphatic heterocycles. The van der Waals surface area contributed by atoms with Gasteiger partial charge in [-0.1, -0.05) is 6.08 Å². The van der Waals surface area contributed by atoms with Gasteiger partial charge in [0, 0.05) is 45.2 Å². The Morgan fingerprint density at radius 2 is 1.71 bits per heavy atom. The molecule has 2 heterocycles. The molecule has 2 aliphatic rings. The van der Waals surface area contributed by atoms with E-state index in [1.165, 1.54) is 17.5 Å². The maximum atomic E-state index is 13.5. The highest BCUT2D eigenvalue weighted by Gasteiger charge is 2.56. The van der Waals surface area contributed by atoms with Crippen LogP contribution < -0.4 is 0 Å². The van der Waals surface area contributed by atoms with Crippen LogP contribution in [0.2, 0.25) is 0 Å². The molecule has 28 heavy (non-hydrogen) atoms. The maximum Gasteiger partial charge on any atom is 0.330 e. The fraction of sp³-hybridized carbons (Fsp3) is 0.789. The van der Waals surface area contributed by atoms with Crippen LogP contribution in [0.25, 0.3) is 0 Å². The van der Waals surface area contributed by atoms with Crippen LogP contribution >= 0.6 is 0 Å². The number of methoxy groups -OCH3 is 1. The quantitative estimate of drug-likeness (QED) is 0.495. The molecule has 0 saturated carbocycles. The number of piperidine rings is 1. The van der Waals surface area contributed by atoms with E-state index in [-0.39, 0.29) is 32.0 Å². The van der Waals surface area contributed by atoms with Gasteiger partial charge in [-0.05, 0) is 39.5 Å². The Morgan fingerprint density at radius 1 is 1.14 bits per heavy atom. The first-order valence-electron chi connectivity index (χ1n) is 9.59. The summed E-state index contributed by atoms with van der Waals surface area (Å²) in [6.07, 6.45) is 4.46. The Bertz CT molecular complexity index is 694. The number of esters is 2. The van der Waals surface area contributed by atoms with E-state index in [1.807, 2.05) is 0 Å². The lowest BCUT2D eigenvalue weighted by molar-refractivity contribution is -0.161. The number of carbonyl (C=O) groups excluding carboxylic acids is 2. The number of hydrogen-bond donors (Lipinski definition) is 0. The van der Waals surface area contributed by atoms with Crippen LogP contribution in [-0.2, 0) is 33.8 Å². The molecular weight excluding hydrogens is 386 g/mol. The zero-order valence-electron chi connectivity index (χ0n) is 17.1. The fourth-order valence-corrected chi connectivity index (χ4v) is 5.60. The molecule has 0 aromatic heterocycles. The summed E-state index contributed by atoms with van der Waals surface area (Å²) in [6.45, 7) is 6.18. The van der Waals surface area contributed by atoms with Crippen molar-refractivity contribution < 1.29 is 32.2 Å². The third kappa shape index (κ3) is 5.12. The van der Waals surface area contributed by atoms with E-state index < -0.39 is 32.3 Å². The van der Waals surface area contributed by atoms with Crippen LogP contribution in [0.15, 0.2) is 12.2 Å². The van der Waals surface area contributed by atoms with Crippen molar-refractivity contribution in [2.75, 3.05) is 33.4 Å². The van der Waals surface area contributed by atoms with Crippen LogP contribution in [0.5, 0.6) is 0 Å². The summed E-state index contributed by atoms with van der Waals surface area (Å²) in [5.41, 5.74) is -0.774. The van der Waals surface area contributed by atoms with Crippen molar-refractivity contribution in [2.45, 2.75) is 56.8 Å². The Labute approximate surface area is 167 Å². The van der Waals surface area contributed by atoms with Gasteiger partial charge < -0.3 is 14.2 Å². The third-order valence-electron chi connectivity index (χ3n) is 5.11. The number of nitrogens with zero attached hydrogens (tertiary/aromatic N) is 1. The number of allylic oxidation sites excluding steroid dienone is 1. The highest BCUT2D eigenvalue weighted by atomic mass is 32.2. The number of ether oxygens (including phenoxy) is 3. The van der Waals surface area contributed by atoms with Gasteiger partial charge in [0.1, 0.15) is 5.60 Å². The van der Waals surface area contributed by atoms with Crippen LogP contribution in [0.4, 0.5) is 0 Å². The molecule has 2 fully saturated rings. The minimum Gasteiger partial charge on any atom is -0.466 e. The van der Waals surface area contributed by atoms with Crippen molar-refractivity contribution in [1.82, 2.24) is 4.31 Å². The Kier molecular flexibility index (Phi) is 7.27. The zero-order valence-corrected chi connectivity index (χ0v) is 17.9. The van der Waals surface area contributed by atoms with Gasteiger partial charge in [0.05, 0.1) is 7.11 Å². The first kappa shape index (κ1) is 22.8. The summed E-state index contributed by atoms with van der Waals surface area (Å²) in [6, 6.07) is 0. The number of hydrogen-bond acceptors (Lipinski definition) is 7. The van der Waals surface area contributed by atoms with Gasteiger partial charge in [-0.15, -0.1) is 0 Å². The second-order valence-corrected chi connectivity index (χ2v) is 10.5. The van der Waals surface area contributed by atoms with Gasteiger partial charge in [0.2, 0.25) is 10.0 Å². The molecule has 0 amide bonds. The first-order valence-corrected chi connectivity index (χ1v) is 11.0. The molecule has 0 unspecified atom stereocenters. The average molecular weight is 418 g/mol. The summed E-state index contributed by atoms with van der Waals surface area (Å²) in [5, 5.41) is 0. The standard InChI is InChI=1S/C19H31NO7S/c1-18(2,3)27-17(22)19(9-13-26-14-10-19)28(23,24)20-11-7-15(8-12-20)5-6-16(21)25-4/h5-6,15H,7-14H2,1-4H3. The van der Waals surface area contributed by atoms with Crippen molar-refractivity contribution in [3.63, 3.8) is 0 Å². The summed E-state index contributed by atoms with van der Waals surface area (Å²) in [4.78, 5) is 24.2. The van der Waals surface area contributed by atoms with Gasteiger partial charge in [0.15, 0.2) is 4.75 Å². The molecule has 8 nitrogen and oxygen atoms in total. The van der Waals surface area contributed by atoms with Crippen LogP contribution in [0, 0.1) is 5.92 Å². The molecule has 0 aromatic carbocycles. The van der Waals surface area contributed by atoms with Crippen molar-refractivity contribution in [3.05, 3.63) is 12.2 Å². The molecule has 2 rings (SSSR count). The topological polar surface area (TPSA) is 99.2 Å². The largest absolute Gasteiger partial charge is 0.466 e. The van der Waals surface area contributed by atoms with Crippen molar-refractivity contribution in [2.24, 2.45) is 5.92 Å². The second kappa shape index (κ2) is 8.92. The minimum atomic E-state index is -3.91. The van der Waals surface area contributed by atoms with Crippen molar-refractivity contribution in [1.29, 1.82) is 0 Å². The second-order valence-electron chi connectivity index (χ2n) is 8.23. The first-order chi connectivity index (χ1) is 13.0. The van der Waals surface area contributed by atoms with Crippen LogP contribution in [0.1, 0.15) is 46.5 Å². The molecule has 0 N–H and O–H groups in total. The van der Waals surface area contributed by atoms with E-state index in [1.54, 1.807) is 26.8 Å². The smallest absolute Gasteiger partial charge is 0.330 e. The van der Waals surface area contributed by atoms with Crippen LogP contribution in [0.3, 0.4) is 0 Å². The zero-order chi connectivity index (χ0) is 21.0. The normalized spacial score (nSPS) is 22.1. The molecule has 0 radical (unpaired) electrons. The van der Waals surface area contributed by atoms with E-state index in [0.717, 1.165) is 0 Å². The van der Waals surface area contributed by atoms with E-state index in [4.69, 9.17) is 9.47 Å². The summed E-state index contributed by atoms with van der Waals surface area (Å²) < 4.78 is 42.2. The molecule has 2 saturated heterocycles. The number of carbonyl (C=O) groups is 2. The number of sulfonamides is 1. The highest BCUT2D eigenvalue weighted by Crippen LogP contribution is 2.37. The number of rotatable bonds is 5. The van der Waals surface area contributed by atoms with Gasteiger partial charge in [-0.3, -0.25) is 4.79 Å². The van der Waals surface area contributed by atoms with Crippen molar-refractivity contribution >= 4 is 22.0 Å². The molecular formula is C19H31NO7S. The lowest BCUT2D eigenvalue weighted by Gasteiger charge is -2.41. The van der Waals surface area contributed by atoms with Gasteiger partial charge in [-0.2, -0.15) is 0 Å². The monoisotopic (exact) mass is 417 g/mol. The summed E-state index contributed by atoms with van der Waals surface area (Å²) in [7, 11) is -2.60. The molecule has 0 atom stereocenters. The van der Waals surface area contributed by atoms with Gasteiger partial charge >= 0.3 is 11.9 Å². The lowest BCUT2D eigenvalue weighted by atomic mass is 9.98. The summed E-state index contributed by atoms with van der Waals surface area (Å²) >= 11 is 0. The van der Waals surface area contributed by atoms with E-state index in [2.05, 4.69) is 4.74 Å². The van der Waals surface area contributed by atoms with E-state index in [9.17, 15) is 18.0 Å². The average Bonchev–Trinajstić information content (AvgIpc) is 2.65. The Morgan fingerprint density at radius 3 is 2.21 bits per heavy atom. The molecule has 0 spiro atoms. The van der Waals surface area contributed by atoms with Crippen LogP contribution in [-0.4, -0.2) is 68.4 Å². The predicted octanol–water partition coefficient (Wildman–Crippen LogP) is 1.65. The molecule has 160 valence electrons. The molecule has 0 bridgehead atoms. The lowest BCUT2D eigenvalue weighted by Crippen LogP contribution is -2.59. The highest BCUT2D eigenvalue weighted by molar-refractivity contribution is 7.91. The molecule has 0 aromatic rings. The molecule has 9 heteroatoms. The van der Waals surface area contributed by atoms with Gasteiger partial charge in [-0.25, -0.2) is 17.5 Å². The van der Waals surface area contributed by atoms with Gasteiger partial charge in [0.25, 0.3) is 0 Å². The third-order valence-corrected chi connectivity index (χ3v) is 7.72. The minimum absolute atomic E-state index is 0.0897. The Balaban J connectivity index is 2.17. The SMILES string of the molecule is COC(=O)C=CC1CCN(S(=O)(=O)C2(C(=O)OC(C)(C)C)CCOCC2)CC1. The van der Waals surface area contributed by atoms with E-state index in [0.29, 0.717) is 25.9 Å². The summed E-state index contributed by atoms with van der Waals surface area (Å²) in [5.74, 6) is -1.03. The van der Waals surface area contributed by atoms with E-state index >= 15 is 0 Å². The predicted molar refractivity (Wildman–Crippen MR) is 103 cm³/mol.